The number of H-pyrrole nitrogens is 1. The highest BCUT2D eigenvalue weighted by Crippen LogP contribution is 2.41. The molecule has 1 amide bonds. The largest absolute Gasteiger partial charge is 0.494 e. The highest BCUT2D eigenvalue weighted by Gasteiger charge is 2.31. The lowest BCUT2D eigenvalue weighted by molar-refractivity contribution is -0.116. The fourth-order valence-electron chi connectivity index (χ4n) is 3.33. The third-order valence-corrected chi connectivity index (χ3v) is 4.46. The van der Waals surface area contributed by atoms with Gasteiger partial charge in [0.05, 0.1) is 12.3 Å². The SMILES string of the molecule is CCOc1ccc([C@H]2CC(=O)Nc3n[nH]c(-c4ccccc4)c32)cc1. The summed E-state index contributed by atoms with van der Waals surface area (Å²) >= 11 is 0. The summed E-state index contributed by atoms with van der Waals surface area (Å²) in [5.41, 5.74) is 4.13. The van der Waals surface area contributed by atoms with Gasteiger partial charge in [-0.25, -0.2) is 0 Å². The average Bonchev–Trinajstić information content (AvgIpc) is 3.06. The molecule has 2 aromatic carbocycles. The molecule has 25 heavy (non-hydrogen) atoms. The standard InChI is InChI=1S/C20H19N3O2/c1-2-25-15-10-8-13(9-11-15)16-12-17(24)21-20-18(16)19(22-23-20)14-6-4-3-5-7-14/h3-11,16H,2,12H2,1H3,(H2,21,22,23,24)/t16-/m1/s1. The second kappa shape index (κ2) is 6.43. The van der Waals surface area contributed by atoms with E-state index in [1.54, 1.807) is 0 Å². The minimum Gasteiger partial charge on any atom is -0.494 e. The normalized spacial score (nSPS) is 16.2. The van der Waals surface area contributed by atoms with Crippen LogP contribution >= 0.6 is 0 Å². The predicted octanol–water partition coefficient (Wildman–Crippen LogP) is 3.95. The van der Waals surface area contributed by atoms with Crippen LogP contribution in [0.2, 0.25) is 0 Å². The lowest BCUT2D eigenvalue weighted by Gasteiger charge is -2.23. The zero-order valence-electron chi connectivity index (χ0n) is 14.0. The minimum atomic E-state index is -0.0339. The molecule has 3 aromatic rings. The number of carbonyl (C=O) groups excluding carboxylic acids is 1. The average molecular weight is 333 g/mol. The Morgan fingerprint density at radius 3 is 2.60 bits per heavy atom. The van der Waals surface area contributed by atoms with Crippen molar-refractivity contribution in [2.24, 2.45) is 0 Å². The van der Waals surface area contributed by atoms with Crippen LogP contribution in [0.15, 0.2) is 54.6 Å². The van der Waals surface area contributed by atoms with Gasteiger partial charge in [-0.05, 0) is 30.2 Å². The number of carbonyl (C=O) groups is 1. The number of nitrogens with zero attached hydrogens (tertiary/aromatic N) is 1. The molecule has 1 aliphatic heterocycles. The fraction of sp³-hybridized carbons (Fsp3) is 0.200. The molecule has 5 heteroatoms. The van der Waals surface area contributed by atoms with E-state index in [4.69, 9.17) is 4.74 Å². The van der Waals surface area contributed by atoms with Crippen LogP contribution in [0.5, 0.6) is 5.75 Å². The molecular weight excluding hydrogens is 314 g/mol. The topological polar surface area (TPSA) is 67.0 Å². The van der Waals surface area contributed by atoms with Gasteiger partial charge >= 0.3 is 0 Å². The van der Waals surface area contributed by atoms with Crippen LogP contribution in [-0.2, 0) is 4.79 Å². The van der Waals surface area contributed by atoms with Crippen molar-refractivity contribution in [1.82, 2.24) is 10.2 Å². The predicted molar refractivity (Wildman–Crippen MR) is 96.7 cm³/mol. The Labute approximate surface area is 146 Å². The van der Waals surface area contributed by atoms with Crippen LogP contribution in [0.25, 0.3) is 11.3 Å². The Morgan fingerprint density at radius 1 is 1.12 bits per heavy atom. The van der Waals surface area contributed by atoms with Crippen LogP contribution in [0.1, 0.15) is 30.4 Å². The Bertz CT molecular complexity index is 885. The van der Waals surface area contributed by atoms with Crippen LogP contribution in [0, 0.1) is 0 Å². The summed E-state index contributed by atoms with van der Waals surface area (Å²) in [6, 6.07) is 18.0. The molecule has 0 saturated carbocycles. The van der Waals surface area contributed by atoms with E-state index in [1.165, 1.54) is 0 Å². The van der Waals surface area contributed by atoms with E-state index in [-0.39, 0.29) is 11.8 Å². The number of ether oxygens (including phenoxy) is 1. The van der Waals surface area contributed by atoms with Gasteiger partial charge in [-0.2, -0.15) is 5.10 Å². The number of anilines is 1. The number of amides is 1. The Balaban J connectivity index is 1.78. The third kappa shape index (κ3) is 2.89. The number of hydrogen-bond donors (Lipinski definition) is 2. The Kier molecular flexibility index (Phi) is 3.98. The first-order chi connectivity index (χ1) is 12.3. The van der Waals surface area contributed by atoms with E-state index in [0.29, 0.717) is 18.8 Å². The summed E-state index contributed by atoms with van der Waals surface area (Å²) in [5, 5.41) is 10.3. The summed E-state index contributed by atoms with van der Waals surface area (Å²) in [6.45, 7) is 2.60. The van der Waals surface area contributed by atoms with Gasteiger partial charge in [-0.1, -0.05) is 42.5 Å². The number of fused-ring (bicyclic) bond motifs is 1. The molecular formula is C20H19N3O2. The lowest BCUT2D eigenvalue weighted by Crippen LogP contribution is -2.23. The lowest BCUT2D eigenvalue weighted by atomic mass is 9.84. The van der Waals surface area contributed by atoms with Crippen molar-refractivity contribution in [3.05, 3.63) is 65.7 Å². The molecule has 1 aromatic heterocycles. The number of aromatic nitrogens is 2. The zero-order chi connectivity index (χ0) is 17.2. The first-order valence-corrected chi connectivity index (χ1v) is 8.42. The van der Waals surface area contributed by atoms with Crippen LogP contribution in [0.4, 0.5) is 5.82 Å². The maximum Gasteiger partial charge on any atom is 0.226 e. The van der Waals surface area contributed by atoms with Crippen LogP contribution in [-0.4, -0.2) is 22.7 Å². The van der Waals surface area contributed by atoms with Gasteiger partial charge < -0.3 is 10.1 Å². The number of aromatic amines is 1. The molecule has 4 rings (SSSR count). The second-order valence-electron chi connectivity index (χ2n) is 6.03. The number of benzene rings is 2. The van der Waals surface area contributed by atoms with E-state index in [0.717, 1.165) is 28.1 Å². The van der Waals surface area contributed by atoms with Crippen LogP contribution in [0.3, 0.4) is 0 Å². The van der Waals surface area contributed by atoms with E-state index < -0.39 is 0 Å². The summed E-state index contributed by atoms with van der Waals surface area (Å²) in [4.78, 5) is 12.1. The highest BCUT2D eigenvalue weighted by molar-refractivity contribution is 5.96. The van der Waals surface area contributed by atoms with E-state index in [9.17, 15) is 4.79 Å². The van der Waals surface area contributed by atoms with Gasteiger partial charge in [0.25, 0.3) is 0 Å². The van der Waals surface area contributed by atoms with Gasteiger partial charge in [0.2, 0.25) is 5.91 Å². The van der Waals surface area contributed by atoms with Crippen molar-refractivity contribution in [2.45, 2.75) is 19.3 Å². The van der Waals surface area contributed by atoms with Crippen molar-refractivity contribution in [3.8, 4) is 17.0 Å². The maximum atomic E-state index is 12.1. The molecule has 0 unspecified atom stereocenters. The summed E-state index contributed by atoms with van der Waals surface area (Å²) in [7, 11) is 0. The monoisotopic (exact) mass is 333 g/mol. The van der Waals surface area contributed by atoms with Gasteiger partial charge in [-0.15, -0.1) is 0 Å². The van der Waals surface area contributed by atoms with Crippen molar-refractivity contribution >= 4 is 11.7 Å². The summed E-state index contributed by atoms with van der Waals surface area (Å²) in [5.74, 6) is 1.40. The van der Waals surface area contributed by atoms with E-state index >= 15 is 0 Å². The quantitative estimate of drug-likeness (QED) is 0.760. The van der Waals surface area contributed by atoms with Crippen LogP contribution < -0.4 is 10.1 Å². The first kappa shape index (κ1) is 15.4. The Morgan fingerprint density at radius 2 is 1.88 bits per heavy atom. The molecule has 1 atom stereocenters. The summed E-state index contributed by atoms with van der Waals surface area (Å²) in [6.07, 6.45) is 0.403. The molecule has 0 aliphatic carbocycles. The molecule has 0 spiro atoms. The minimum absolute atomic E-state index is 0.0162. The number of hydrogen-bond acceptors (Lipinski definition) is 3. The fourth-order valence-corrected chi connectivity index (χ4v) is 3.33. The molecule has 5 nitrogen and oxygen atoms in total. The maximum absolute atomic E-state index is 12.1. The van der Waals surface area contributed by atoms with Crippen molar-refractivity contribution in [1.29, 1.82) is 0 Å². The molecule has 2 heterocycles. The molecule has 0 radical (unpaired) electrons. The molecule has 0 fully saturated rings. The van der Waals surface area contributed by atoms with Gasteiger partial charge in [-0.3, -0.25) is 9.89 Å². The first-order valence-electron chi connectivity index (χ1n) is 8.42. The van der Waals surface area contributed by atoms with E-state index in [2.05, 4.69) is 15.5 Å². The summed E-state index contributed by atoms with van der Waals surface area (Å²) < 4.78 is 5.52. The molecule has 1 aliphatic rings. The van der Waals surface area contributed by atoms with Crippen molar-refractivity contribution in [2.75, 3.05) is 11.9 Å². The van der Waals surface area contributed by atoms with E-state index in [1.807, 2.05) is 61.5 Å². The number of rotatable bonds is 4. The molecule has 126 valence electrons. The molecule has 0 saturated heterocycles. The van der Waals surface area contributed by atoms with Crippen molar-refractivity contribution < 1.29 is 9.53 Å². The zero-order valence-corrected chi connectivity index (χ0v) is 14.0. The second-order valence-corrected chi connectivity index (χ2v) is 6.03. The van der Waals surface area contributed by atoms with Gasteiger partial charge in [0, 0.05) is 17.9 Å². The third-order valence-electron chi connectivity index (χ3n) is 4.46. The Hall–Kier alpha value is -3.08. The van der Waals surface area contributed by atoms with Gasteiger partial charge in [0.15, 0.2) is 5.82 Å². The van der Waals surface area contributed by atoms with Crippen molar-refractivity contribution in [3.63, 3.8) is 0 Å². The highest BCUT2D eigenvalue weighted by atomic mass is 16.5. The molecule has 2 N–H and O–H groups in total. The molecule has 0 bridgehead atoms. The van der Waals surface area contributed by atoms with Gasteiger partial charge in [0.1, 0.15) is 5.75 Å². The number of nitrogens with one attached hydrogen (secondary N) is 2. The smallest absolute Gasteiger partial charge is 0.226 e.